The highest BCUT2D eigenvalue weighted by molar-refractivity contribution is 5.86. The summed E-state index contributed by atoms with van der Waals surface area (Å²) in [4.78, 5) is 26.2. The van der Waals surface area contributed by atoms with Gasteiger partial charge in [0.25, 0.3) is 0 Å². The molecule has 1 amide bonds. The zero-order chi connectivity index (χ0) is 22.8. The number of alkyl halides is 3. The Morgan fingerprint density at radius 3 is 2.39 bits per heavy atom. The SMILES string of the molecule is CN1CC[C@]2(CN(Cc3cnn(C)c3)C[C@H]2c2ccccc2)C1=O.O=C(O)C(F)(F)F. The first-order valence-electron chi connectivity index (χ1n) is 9.83. The number of aliphatic carboxylic acids is 1. The van der Waals surface area contributed by atoms with Gasteiger partial charge in [-0.25, -0.2) is 4.79 Å². The largest absolute Gasteiger partial charge is 0.490 e. The zero-order valence-corrected chi connectivity index (χ0v) is 17.3. The Kier molecular flexibility index (Phi) is 6.40. The summed E-state index contributed by atoms with van der Waals surface area (Å²) in [5.74, 6) is -2.18. The molecule has 168 valence electrons. The maximum absolute atomic E-state index is 13.0. The van der Waals surface area contributed by atoms with Crippen molar-refractivity contribution in [3.05, 3.63) is 53.9 Å². The smallest absolute Gasteiger partial charge is 0.475 e. The monoisotopic (exact) mass is 438 g/mol. The number of halogens is 3. The molecular weight excluding hydrogens is 413 g/mol. The van der Waals surface area contributed by atoms with Crippen molar-refractivity contribution in [3.63, 3.8) is 0 Å². The molecule has 0 bridgehead atoms. The minimum atomic E-state index is -5.08. The van der Waals surface area contributed by atoms with E-state index in [0.717, 1.165) is 32.6 Å². The summed E-state index contributed by atoms with van der Waals surface area (Å²) >= 11 is 0. The third-order valence-electron chi connectivity index (χ3n) is 5.89. The summed E-state index contributed by atoms with van der Waals surface area (Å²) in [6.07, 6.45) is -0.151. The number of amides is 1. The second kappa shape index (κ2) is 8.70. The lowest BCUT2D eigenvalue weighted by Crippen LogP contribution is -2.38. The van der Waals surface area contributed by atoms with Crippen LogP contribution in [0.3, 0.4) is 0 Å². The molecule has 2 atom stereocenters. The van der Waals surface area contributed by atoms with Gasteiger partial charge in [-0.2, -0.15) is 18.3 Å². The average Bonchev–Trinajstić information content (AvgIpc) is 3.37. The standard InChI is InChI=1S/C19H24N4O.C2HF3O2/c1-21-9-8-19(18(21)24)14-23(12-15-10-20-22(2)11-15)13-17(19)16-6-4-3-5-7-16;3-2(4,5)1(6)7/h3-7,10-11,17H,8-9,12-14H2,1-2H3;(H,6,7)/t17-,19+;/m0./s1. The fraction of sp³-hybridized carbons (Fsp3) is 0.476. The molecule has 1 aromatic carbocycles. The maximum atomic E-state index is 13.0. The summed E-state index contributed by atoms with van der Waals surface area (Å²) < 4.78 is 33.6. The highest BCUT2D eigenvalue weighted by Gasteiger charge is 2.56. The molecule has 3 heterocycles. The molecule has 2 fully saturated rings. The number of likely N-dealkylation sites (tertiary alicyclic amines) is 2. The van der Waals surface area contributed by atoms with Crippen LogP contribution in [0, 0.1) is 5.41 Å². The van der Waals surface area contributed by atoms with Crippen LogP contribution in [0.2, 0.25) is 0 Å². The van der Waals surface area contributed by atoms with Gasteiger partial charge in [-0.3, -0.25) is 14.4 Å². The van der Waals surface area contributed by atoms with Crippen LogP contribution in [-0.4, -0.2) is 69.4 Å². The number of aryl methyl sites for hydroxylation is 1. The zero-order valence-electron chi connectivity index (χ0n) is 17.3. The van der Waals surface area contributed by atoms with Gasteiger partial charge in [-0.1, -0.05) is 30.3 Å². The van der Waals surface area contributed by atoms with E-state index >= 15 is 0 Å². The lowest BCUT2D eigenvalue weighted by molar-refractivity contribution is -0.192. The van der Waals surface area contributed by atoms with Gasteiger partial charge in [-0.15, -0.1) is 0 Å². The minimum Gasteiger partial charge on any atom is -0.475 e. The number of benzene rings is 1. The van der Waals surface area contributed by atoms with E-state index in [1.165, 1.54) is 11.1 Å². The predicted octanol–water partition coefficient (Wildman–Crippen LogP) is 2.50. The predicted molar refractivity (Wildman–Crippen MR) is 106 cm³/mol. The van der Waals surface area contributed by atoms with Crippen molar-refractivity contribution >= 4 is 11.9 Å². The first kappa shape index (κ1) is 22.8. The highest BCUT2D eigenvalue weighted by Crippen LogP contribution is 2.49. The molecule has 2 aliphatic heterocycles. The Balaban J connectivity index is 0.000000339. The summed E-state index contributed by atoms with van der Waals surface area (Å²) in [5.41, 5.74) is 2.23. The molecule has 0 unspecified atom stereocenters. The number of nitrogens with zero attached hydrogens (tertiary/aromatic N) is 4. The molecule has 4 rings (SSSR count). The summed E-state index contributed by atoms with van der Waals surface area (Å²) in [7, 11) is 3.88. The number of hydrogen-bond acceptors (Lipinski definition) is 4. The van der Waals surface area contributed by atoms with Gasteiger partial charge in [0.15, 0.2) is 0 Å². The molecule has 31 heavy (non-hydrogen) atoms. The number of rotatable bonds is 3. The molecule has 2 saturated heterocycles. The van der Waals surface area contributed by atoms with Crippen molar-refractivity contribution in [2.24, 2.45) is 12.5 Å². The quantitative estimate of drug-likeness (QED) is 0.797. The van der Waals surface area contributed by atoms with E-state index < -0.39 is 12.1 Å². The van der Waals surface area contributed by atoms with Gasteiger partial charge < -0.3 is 10.0 Å². The normalized spacial score (nSPS) is 23.8. The van der Waals surface area contributed by atoms with E-state index in [9.17, 15) is 18.0 Å². The fourth-order valence-corrected chi connectivity index (χ4v) is 4.47. The topological polar surface area (TPSA) is 78.7 Å². The van der Waals surface area contributed by atoms with Gasteiger partial charge in [0.05, 0.1) is 11.6 Å². The van der Waals surface area contributed by atoms with E-state index in [1.807, 2.05) is 35.9 Å². The second-order valence-electron chi connectivity index (χ2n) is 8.09. The second-order valence-corrected chi connectivity index (χ2v) is 8.09. The Morgan fingerprint density at radius 2 is 1.90 bits per heavy atom. The number of aromatic nitrogens is 2. The summed E-state index contributed by atoms with van der Waals surface area (Å²) in [5, 5.41) is 11.4. The third-order valence-corrected chi connectivity index (χ3v) is 5.89. The molecule has 1 aromatic heterocycles. The molecule has 1 N–H and O–H groups in total. The molecule has 7 nitrogen and oxygen atoms in total. The lowest BCUT2D eigenvalue weighted by Gasteiger charge is -2.28. The number of carbonyl (C=O) groups excluding carboxylic acids is 1. The Hall–Kier alpha value is -2.88. The third kappa shape index (κ3) is 4.90. The van der Waals surface area contributed by atoms with Crippen molar-refractivity contribution in [1.29, 1.82) is 0 Å². The van der Waals surface area contributed by atoms with Gasteiger partial charge in [0.1, 0.15) is 0 Å². The Morgan fingerprint density at radius 1 is 1.26 bits per heavy atom. The van der Waals surface area contributed by atoms with Crippen molar-refractivity contribution in [2.45, 2.75) is 25.1 Å². The van der Waals surface area contributed by atoms with Crippen LogP contribution in [0.5, 0.6) is 0 Å². The fourth-order valence-electron chi connectivity index (χ4n) is 4.47. The Labute approximate surface area is 178 Å². The summed E-state index contributed by atoms with van der Waals surface area (Å²) in [6.45, 7) is 3.49. The molecule has 10 heteroatoms. The number of carboxylic acids is 1. The van der Waals surface area contributed by atoms with Crippen molar-refractivity contribution in [1.82, 2.24) is 19.6 Å². The number of hydrogen-bond donors (Lipinski definition) is 1. The van der Waals surface area contributed by atoms with Crippen LogP contribution in [0.15, 0.2) is 42.7 Å². The van der Waals surface area contributed by atoms with Gasteiger partial charge in [0.2, 0.25) is 5.91 Å². The first-order chi connectivity index (χ1) is 14.5. The van der Waals surface area contributed by atoms with Crippen LogP contribution in [0.25, 0.3) is 0 Å². The highest BCUT2D eigenvalue weighted by atomic mass is 19.4. The van der Waals surface area contributed by atoms with Gasteiger partial charge in [0, 0.05) is 58.0 Å². The van der Waals surface area contributed by atoms with E-state index in [1.54, 1.807) is 0 Å². The van der Waals surface area contributed by atoms with E-state index in [2.05, 4.69) is 40.5 Å². The van der Waals surface area contributed by atoms with Gasteiger partial charge >= 0.3 is 12.1 Å². The van der Waals surface area contributed by atoms with Gasteiger partial charge in [-0.05, 0) is 12.0 Å². The maximum Gasteiger partial charge on any atom is 0.490 e. The number of carboxylic acid groups (broad SMARTS) is 1. The lowest BCUT2D eigenvalue weighted by atomic mass is 9.73. The van der Waals surface area contributed by atoms with Crippen LogP contribution in [0.4, 0.5) is 13.2 Å². The first-order valence-corrected chi connectivity index (χ1v) is 9.83. The van der Waals surface area contributed by atoms with Crippen molar-refractivity contribution < 1.29 is 27.9 Å². The van der Waals surface area contributed by atoms with Crippen LogP contribution < -0.4 is 0 Å². The molecule has 0 radical (unpaired) electrons. The van der Waals surface area contributed by atoms with E-state index in [4.69, 9.17) is 9.90 Å². The molecule has 1 spiro atoms. The summed E-state index contributed by atoms with van der Waals surface area (Å²) in [6, 6.07) is 10.5. The molecule has 0 saturated carbocycles. The molecular formula is C21H25F3N4O3. The van der Waals surface area contributed by atoms with Crippen LogP contribution in [0.1, 0.15) is 23.5 Å². The molecule has 2 aliphatic rings. The van der Waals surface area contributed by atoms with E-state index in [-0.39, 0.29) is 11.3 Å². The van der Waals surface area contributed by atoms with Crippen LogP contribution >= 0.6 is 0 Å². The van der Waals surface area contributed by atoms with E-state index in [0.29, 0.717) is 5.91 Å². The van der Waals surface area contributed by atoms with Crippen LogP contribution in [-0.2, 0) is 23.2 Å². The average molecular weight is 438 g/mol. The number of carbonyl (C=O) groups is 2. The van der Waals surface area contributed by atoms with Crippen molar-refractivity contribution in [3.8, 4) is 0 Å². The van der Waals surface area contributed by atoms with Crippen molar-refractivity contribution in [2.75, 3.05) is 26.7 Å². The Bertz CT molecular complexity index is 931. The minimum absolute atomic E-state index is 0.266. The molecule has 0 aliphatic carbocycles. The molecule has 2 aromatic rings.